The lowest BCUT2D eigenvalue weighted by Crippen LogP contribution is -1.98. The second-order valence-corrected chi connectivity index (χ2v) is 4.73. The van der Waals surface area contributed by atoms with Crippen LogP contribution in [0, 0.1) is 13.8 Å². The lowest BCUT2D eigenvalue weighted by Gasteiger charge is -1.97. The van der Waals surface area contributed by atoms with Crippen LogP contribution in [-0.2, 0) is 0 Å². The molecule has 2 rings (SSSR count). The normalized spacial score (nSPS) is 10.6. The second-order valence-electron chi connectivity index (χ2n) is 3.14. The molecule has 0 aromatic carbocycles. The molecular formula is C9H9ClN4S. The molecule has 0 saturated heterocycles. The first kappa shape index (κ1) is 10.3. The van der Waals surface area contributed by atoms with E-state index in [4.69, 9.17) is 17.3 Å². The predicted octanol–water partition coefficient (Wildman–Crippen LogP) is 2.45. The number of hydrogen-bond donors (Lipinski definition) is 1. The Balaban J connectivity index is 2.53. The number of rotatable bonds is 1. The highest BCUT2D eigenvalue weighted by molar-refractivity contribution is 7.15. The van der Waals surface area contributed by atoms with Crippen molar-refractivity contribution < 1.29 is 0 Å². The maximum Gasteiger partial charge on any atom is 0.227 e. The molecular weight excluding hydrogens is 232 g/mol. The van der Waals surface area contributed by atoms with Gasteiger partial charge in [-0.2, -0.15) is 15.0 Å². The first-order valence-corrected chi connectivity index (χ1v) is 5.50. The van der Waals surface area contributed by atoms with Gasteiger partial charge in [0.1, 0.15) is 0 Å². The number of nitrogen functional groups attached to an aromatic ring is 1. The Labute approximate surface area is 96.2 Å². The summed E-state index contributed by atoms with van der Waals surface area (Å²) in [6.07, 6.45) is 0. The summed E-state index contributed by atoms with van der Waals surface area (Å²) in [5.74, 6) is 0.683. The van der Waals surface area contributed by atoms with Crippen molar-refractivity contribution in [2.45, 2.75) is 13.8 Å². The van der Waals surface area contributed by atoms with Gasteiger partial charge in [0.05, 0.1) is 4.88 Å². The van der Waals surface area contributed by atoms with Gasteiger partial charge in [0, 0.05) is 4.88 Å². The summed E-state index contributed by atoms with van der Waals surface area (Å²) in [5.41, 5.74) is 6.71. The Kier molecular flexibility index (Phi) is 2.58. The molecule has 6 heteroatoms. The minimum atomic E-state index is 0.126. The number of anilines is 1. The van der Waals surface area contributed by atoms with Gasteiger partial charge < -0.3 is 5.73 Å². The molecule has 0 fully saturated rings. The predicted molar refractivity (Wildman–Crippen MR) is 62.0 cm³/mol. The van der Waals surface area contributed by atoms with Gasteiger partial charge in [0.2, 0.25) is 11.2 Å². The smallest absolute Gasteiger partial charge is 0.227 e. The summed E-state index contributed by atoms with van der Waals surface area (Å²) in [4.78, 5) is 14.0. The van der Waals surface area contributed by atoms with E-state index in [0.29, 0.717) is 5.82 Å². The SMILES string of the molecule is Cc1cc(-c2nc(N)nc(Cl)n2)sc1C. The van der Waals surface area contributed by atoms with Crippen molar-refractivity contribution >= 4 is 28.9 Å². The highest BCUT2D eigenvalue weighted by Gasteiger charge is 2.09. The summed E-state index contributed by atoms with van der Waals surface area (Å²) >= 11 is 7.33. The molecule has 2 aromatic heterocycles. The minimum absolute atomic E-state index is 0.126. The lowest BCUT2D eigenvalue weighted by atomic mass is 10.3. The van der Waals surface area contributed by atoms with Crippen molar-refractivity contribution in [3.63, 3.8) is 0 Å². The molecule has 0 amide bonds. The number of halogens is 1. The number of nitrogens with two attached hydrogens (primary N) is 1. The molecule has 0 aliphatic heterocycles. The summed E-state index contributed by atoms with van der Waals surface area (Å²) < 4.78 is 0. The van der Waals surface area contributed by atoms with E-state index >= 15 is 0 Å². The molecule has 0 aliphatic carbocycles. The fourth-order valence-corrected chi connectivity index (χ4v) is 2.29. The average Bonchev–Trinajstić information content (AvgIpc) is 2.45. The van der Waals surface area contributed by atoms with E-state index in [-0.39, 0.29) is 11.2 Å². The Hall–Kier alpha value is -1.20. The molecule has 0 unspecified atom stereocenters. The number of aromatic nitrogens is 3. The quantitative estimate of drug-likeness (QED) is 0.832. The van der Waals surface area contributed by atoms with E-state index in [1.54, 1.807) is 11.3 Å². The van der Waals surface area contributed by atoms with Crippen LogP contribution in [0.2, 0.25) is 5.28 Å². The van der Waals surface area contributed by atoms with Gasteiger partial charge in [-0.1, -0.05) is 0 Å². The summed E-state index contributed by atoms with van der Waals surface area (Å²) in [6.45, 7) is 4.09. The maximum atomic E-state index is 5.71. The van der Waals surface area contributed by atoms with Crippen LogP contribution in [0.25, 0.3) is 10.7 Å². The molecule has 2 N–H and O–H groups in total. The van der Waals surface area contributed by atoms with Gasteiger partial charge in [-0.15, -0.1) is 11.3 Å². The molecule has 0 atom stereocenters. The fraction of sp³-hybridized carbons (Fsp3) is 0.222. The highest BCUT2D eigenvalue weighted by Crippen LogP contribution is 2.28. The molecule has 0 bridgehead atoms. The fourth-order valence-electron chi connectivity index (χ4n) is 1.16. The van der Waals surface area contributed by atoms with Crippen molar-refractivity contribution in [3.8, 4) is 10.7 Å². The van der Waals surface area contributed by atoms with E-state index < -0.39 is 0 Å². The zero-order valence-corrected chi connectivity index (χ0v) is 9.85. The van der Waals surface area contributed by atoms with Gasteiger partial charge >= 0.3 is 0 Å². The van der Waals surface area contributed by atoms with Crippen molar-refractivity contribution in [2.75, 3.05) is 5.73 Å². The Morgan fingerprint density at radius 2 is 2.00 bits per heavy atom. The molecule has 0 radical (unpaired) electrons. The molecule has 0 saturated carbocycles. The molecule has 0 spiro atoms. The van der Waals surface area contributed by atoms with Crippen LogP contribution in [0.4, 0.5) is 5.95 Å². The van der Waals surface area contributed by atoms with Crippen molar-refractivity contribution in [2.24, 2.45) is 0 Å². The van der Waals surface area contributed by atoms with E-state index in [9.17, 15) is 0 Å². The Bertz CT molecular complexity index is 469. The third-order valence-corrected chi connectivity index (χ3v) is 3.33. The zero-order chi connectivity index (χ0) is 11.0. The standard InChI is InChI=1S/C9H9ClN4S/c1-4-3-6(15-5(4)2)7-12-8(10)14-9(11)13-7/h3H,1-2H3,(H2,11,12,13,14). The van der Waals surface area contributed by atoms with Crippen molar-refractivity contribution in [3.05, 3.63) is 21.8 Å². The van der Waals surface area contributed by atoms with Crippen LogP contribution in [-0.4, -0.2) is 15.0 Å². The zero-order valence-electron chi connectivity index (χ0n) is 8.28. The van der Waals surface area contributed by atoms with Crippen molar-refractivity contribution in [1.29, 1.82) is 0 Å². The van der Waals surface area contributed by atoms with Crippen molar-refractivity contribution in [1.82, 2.24) is 15.0 Å². The number of thiophene rings is 1. The molecule has 78 valence electrons. The first-order chi connectivity index (χ1) is 7.06. The number of aryl methyl sites for hydroxylation is 2. The third kappa shape index (κ3) is 2.08. The minimum Gasteiger partial charge on any atom is -0.368 e. The largest absolute Gasteiger partial charge is 0.368 e. The average molecular weight is 241 g/mol. The molecule has 15 heavy (non-hydrogen) atoms. The maximum absolute atomic E-state index is 5.71. The van der Waals surface area contributed by atoms with Crippen LogP contribution in [0.1, 0.15) is 10.4 Å². The van der Waals surface area contributed by atoms with Crippen LogP contribution >= 0.6 is 22.9 Å². The van der Waals surface area contributed by atoms with Crippen LogP contribution in [0.5, 0.6) is 0 Å². The molecule has 2 heterocycles. The number of nitrogens with zero attached hydrogens (tertiary/aromatic N) is 3. The van der Waals surface area contributed by atoms with E-state index in [0.717, 1.165) is 4.88 Å². The monoisotopic (exact) mass is 240 g/mol. The van der Waals surface area contributed by atoms with Gasteiger partial charge in [-0.05, 0) is 37.1 Å². The Morgan fingerprint density at radius 1 is 1.27 bits per heavy atom. The van der Waals surface area contributed by atoms with Crippen LogP contribution < -0.4 is 5.73 Å². The molecule has 0 aliphatic rings. The summed E-state index contributed by atoms with van der Waals surface area (Å²) in [5, 5.41) is 0.126. The molecule has 2 aromatic rings. The van der Waals surface area contributed by atoms with E-state index in [1.165, 1.54) is 10.4 Å². The van der Waals surface area contributed by atoms with Gasteiger partial charge in [0.25, 0.3) is 0 Å². The topological polar surface area (TPSA) is 64.7 Å². The van der Waals surface area contributed by atoms with Crippen LogP contribution in [0.15, 0.2) is 6.07 Å². The van der Waals surface area contributed by atoms with Crippen LogP contribution in [0.3, 0.4) is 0 Å². The van der Waals surface area contributed by atoms with Gasteiger partial charge in [0.15, 0.2) is 5.82 Å². The molecule has 4 nitrogen and oxygen atoms in total. The van der Waals surface area contributed by atoms with Gasteiger partial charge in [-0.3, -0.25) is 0 Å². The highest BCUT2D eigenvalue weighted by atomic mass is 35.5. The van der Waals surface area contributed by atoms with E-state index in [1.807, 2.05) is 13.0 Å². The second kappa shape index (κ2) is 3.75. The lowest BCUT2D eigenvalue weighted by molar-refractivity contribution is 1.08. The summed E-state index contributed by atoms with van der Waals surface area (Å²) in [7, 11) is 0. The van der Waals surface area contributed by atoms with E-state index in [2.05, 4.69) is 21.9 Å². The third-order valence-electron chi connectivity index (χ3n) is 2.01. The Morgan fingerprint density at radius 3 is 2.53 bits per heavy atom. The van der Waals surface area contributed by atoms with Gasteiger partial charge in [-0.25, -0.2) is 0 Å². The first-order valence-electron chi connectivity index (χ1n) is 4.30. The summed E-state index contributed by atoms with van der Waals surface area (Å²) in [6, 6.07) is 2.02. The number of hydrogen-bond acceptors (Lipinski definition) is 5.